The maximum Gasteiger partial charge on any atom is 0.259 e. The largest absolute Gasteiger partial charge is 0.497 e. The standard InChI is InChI=1S/C16H18N2O4/c1-10(19)15-13(16(20)18-8-3-9-18)14(17-22-15)11-4-6-12(21-2)7-5-11/h4-7,10,19H,3,8-9H2,1-2H3. The Kier molecular flexibility index (Phi) is 3.85. The maximum atomic E-state index is 12.6. The van der Waals surface area contributed by atoms with Gasteiger partial charge in [-0.3, -0.25) is 4.79 Å². The second-order valence-corrected chi connectivity index (χ2v) is 5.32. The summed E-state index contributed by atoms with van der Waals surface area (Å²) in [7, 11) is 1.59. The van der Waals surface area contributed by atoms with E-state index in [0.717, 1.165) is 30.8 Å². The summed E-state index contributed by atoms with van der Waals surface area (Å²) in [6.07, 6.45) is 0.110. The normalized spacial score (nSPS) is 15.3. The van der Waals surface area contributed by atoms with Crippen molar-refractivity contribution < 1.29 is 19.2 Å². The average Bonchev–Trinajstić information content (AvgIpc) is 2.90. The molecule has 1 fully saturated rings. The SMILES string of the molecule is COc1ccc(-c2noc(C(C)O)c2C(=O)N2CCC2)cc1. The predicted molar refractivity (Wildman–Crippen MR) is 79.6 cm³/mol. The summed E-state index contributed by atoms with van der Waals surface area (Å²) < 4.78 is 10.4. The van der Waals surface area contributed by atoms with Gasteiger partial charge in [0.25, 0.3) is 5.91 Å². The number of rotatable bonds is 4. The molecule has 1 atom stereocenters. The number of benzene rings is 1. The summed E-state index contributed by atoms with van der Waals surface area (Å²) in [5.74, 6) is 0.788. The summed E-state index contributed by atoms with van der Waals surface area (Å²) in [5.41, 5.74) is 1.55. The number of amides is 1. The predicted octanol–water partition coefficient (Wildman–Crippen LogP) is 2.25. The third-order valence-corrected chi connectivity index (χ3v) is 3.82. The number of hydrogen-bond donors (Lipinski definition) is 1. The Morgan fingerprint density at radius 3 is 2.55 bits per heavy atom. The number of ether oxygens (including phenoxy) is 1. The van der Waals surface area contributed by atoms with Crippen LogP contribution in [0.3, 0.4) is 0 Å². The van der Waals surface area contributed by atoms with Crippen LogP contribution in [0.1, 0.15) is 35.6 Å². The number of hydrogen-bond acceptors (Lipinski definition) is 5. The van der Waals surface area contributed by atoms with E-state index in [1.165, 1.54) is 0 Å². The molecule has 0 radical (unpaired) electrons. The number of likely N-dealkylation sites (tertiary alicyclic amines) is 1. The second kappa shape index (κ2) is 5.81. The van der Waals surface area contributed by atoms with E-state index >= 15 is 0 Å². The van der Waals surface area contributed by atoms with Gasteiger partial charge in [0.1, 0.15) is 23.1 Å². The molecule has 6 heteroatoms. The molecular weight excluding hydrogens is 284 g/mol. The quantitative estimate of drug-likeness (QED) is 0.937. The highest BCUT2D eigenvalue weighted by Crippen LogP contribution is 2.32. The van der Waals surface area contributed by atoms with Crippen molar-refractivity contribution in [1.29, 1.82) is 0 Å². The molecule has 0 spiro atoms. The number of aliphatic hydroxyl groups excluding tert-OH is 1. The molecule has 1 amide bonds. The minimum Gasteiger partial charge on any atom is -0.497 e. The Hall–Kier alpha value is -2.34. The van der Waals surface area contributed by atoms with Gasteiger partial charge < -0.3 is 19.3 Å². The van der Waals surface area contributed by atoms with Crippen LogP contribution >= 0.6 is 0 Å². The number of carbonyl (C=O) groups is 1. The van der Waals surface area contributed by atoms with E-state index in [1.54, 1.807) is 31.1 Å². The van der Waals surface area contributed by atoms with Gasteiger partial charge in [-0.15, -0.1) is 0 Å². The first-order valence-corrected chi connectivity index (χ1v) is 7.23. The zero-order valence-corrected chi connectivity index (χ0v) is 12.6. The minimum atomic E-state index is -0.889. The molecule has 3 rings (SSSR count). The number of aromatic nitrogens is 1. The number of aliphatic hydroxyl groups is 1. The van der Waals surface area contributed by atoms with Crippen molar-refractivity contribution >= 4 is 5.91 Å². The third-order valence-electron chi connectivity index (χ3n) is 3.82. The first-order valence-electron chi connectivity index (χ1n) is 7.23. The fourth-order valence-corrected chi connectivity index (χ4v) is 2.42. The third kappa shape index (κ3) is 2.46. The minimum absolute atomic E-state index is 0.144. The van der Waals surface area contributed by atoms with Gasteiger partial charge in [-0.25, -0.2) is 0 Å². The average molecular weight is 302 g/mol. The van der Waals surface area contributed by atoms with E-state index < -0.39 is 6.10 Å². The van der Waals surface area contributed by atoms with Crippen LogP contribution in [0.25, 0.3) is 11.3 Å². The number of nitrogens with zero attached hydrogens (tertiary/aromatic N) is 2. The van der Waals surface area contributed by atoms with Gasteiger partial charge >= 0.3 is 0 Å². The molecule has 0 saturated carbocycles. The highest BCUT2D eigenvalue weighted by Gasteiger charge is 2.31. The van der Waals surface area contributed by atoms with Gasteiger partial charge in [-0.1, -0.05) is 5.16 Å². The van der Waals surface area contributed by atoms with Crippen molar-refractivity contribution in [3.63, 3.8) is 0 Å². The topological polar surface area (TPSA) is 75.8 Å². The lowest BCUT2D eigenvalue weighted by Gasteiger charge is -2.31. The molecule has 1 unspecified atom stereocenters. The molecular formula is C16H18N2O4. The smallest absolute Gasteiger partial charge is 0.259 e. The molecule has 116 valence electrons. The van der Waals surface area contributed by atoms with Crippen molar-refractivity contribution in [3.05, 3.63) is 35.6 Å². The van der Waals surface area contributed by atoms with E-state index in [1.807, 2.05) is 12.1 Å². The van der Waals surface area contributed by atoms with Crippen LogP contribution in [0, 0.1) is 0 Å². The van der Waals surface area contributed by atoms with E-state index in [-0.39, 0.29) is 11.7 Å². The van der Waals surface area contributed by atoms with Crippen molar-refractivity contribution in [1.82, 2.24) is 10.1 Å². The Morgan fingerprint density at radius 2 is 2.05 bits per heavy atom. The summed E-state index contributed by atoms with van der Waals surface area (Å²) in [4.78, 5) is 14.3. The fourth-order valence-electron chi connectivity index (χ4n) is 2.42. The van der Waals surface area contributed by atoms with E-state index in [2.05, 4.69) is 5.16 Å². The molecule has 2 heterocycles. The number of methoxy groups -OCH3 is 1. The first-order chi connectivity index (χ1) is 10.6. The van der Waals surface area contributed by atoms with Gasteiger partial charge in [0.05, 0.1) is 7.11 Å². The van der Waals surface area contributed by atoms with Crippen LogP contribution in [0.4, 0.5) is 0 Å². The van der Waals surface area contributed by atoms with Crippen LogP contribution in [0.2, 0.25) is 0 Å². The monoisotopic (exact) mass is 302 g/mol. The Balaban J connectivity index is 2.04. The zero-order chi connectivity index (χ0) is 15.7. The fraction of sp³-hybridized carbons (Fsp3) is 0.375. The summed E-state index contributed by atoms with van der Waals surface area (Å²) in [6, 6.07) is 7.22. The van der Waals surface area contributed by atoms with Crippen LogP contribution in [0.15, 0.2) is 28.8 Å². The van der Waals surface area contributed by atoms with Crippen molar-refractivity contribution in [2.45, 2.75) is 19.4 Å². The lowest BCUT2D eigenvalue weighted by molar-refractivity contribution is 0.0641. The van der Waals surface area contributed by atoms with Gasteiger partial charge in [-0.2, -0.15) is 0 Å². The summed E-state index contributed by atoms with van der Waals surface area (Å²) >= 11 is 0. The second-order valence-electron chi connectivity index (χ2n) is 5.32. The van der Waals surface area contributed by atoms with Crippen LogP contribution in [-0.4, -0.2) is 41.3 Å². The molecule has 0 aliphatic carbocycles. The molecule has 1 aromatic carbocycles. The molecule has 1 aliphatic rings. The molecule has 1 N–H and O–H groups in total. The maximum absolute atomic E-state index is 12.6. The van der Waals surface area contributed by atoms with Crippen molar-refractivity contribution in [2.75, 3.05) is 20.2 Å². The Bertz CT molecular complexity index is 672. The highest BCUT2D eigenvalue weighted by atomic mass is 16.5. The van der Waals surface area contributed by atoms with E-state index in [4.69, 9.17) is 9.26 Å². The number of carbonyl (C=O) groups excluding carboxylic acids is 1. The van der Waals surface area contributed by atoms with Crippen LogP contribution in [-0.2, 0) is 0 Å². The molecule has 22 heavy (non-hydrogen) atoms. The molecule has 1 aromatic heterocycles. The molecule has 0 bridgehead atoms. The van der Waals surface area contributed by atoms with E-state index in [9.17, 15) is 9.90 Å². The highest BCUT2D eigenvalue weighted by molar-refractivity contribution is 6.01. The Labute approximate surface area is 128 Å². The molecule has 6 nitrogen and oxygen atoms in total. The molecule has 1 saturated heterocycles. The summed E-state index contributed by atoms with van der Waals surface area (Å²) in [6.45, 7) is 3.02. The van der Waals surface area contributed by atoms with Gasteiger partial charge in [0.2, 0.25) is 0 Å². The lowest BCUT2D eigenvalue weighted by atomic mass is 10.0. The van der Waals surface area contributed by atoms with Crippen LogP contribution in [0.5, 0.6) is 5.75 Å². The summed E-state index contributed by atoms with van der Waals surface area (Å²) in [5, 5.41) is 13.8. The lowest BCUT2D eigenvalue weighted by Crippen LogP contribution is -2.42. The van der Waals surface area contributed by atoms with Crippen molar-refractivity contribution in [3.8, 4) is 17.0 Å². The van der Waals surface area contributed by atoms with Crippen LogP contribution < -0.4 is 4.74 Å². The van der Waals surface area contributed by atoms with E-state index in [0.29, 0.717) is 11.3 Å². The molecule has 2 aromatic rings. The van der Waals surface area contributed by atoms with Gasteiger partial charge in [-0.05, 0) is 37.6 Å². The van der Waals surface area contributed by atoms with Gasteiger partial charge in [0, 0.05) is 18.7 Å². The first kappa shape index (κ1) is 14.6. The van der Waals surface area contributed by atoms with Gasteiger partial charge in [0.15, 0.2) is 5.76 Å². The Morgan fingerprint density at radius 1 is 1.36 bits per heavy atom. The zero-order valence-electron chi connectivity index (χ0n) is 12.6. The van der Waals surface area contributed by atoms with Crippen molar-refractivity contribution in [2.24, 2.45) is 0 Å². The molecule has 1 aliphatic heterocycles.